The zero-order valence-corrected chi connectivity index (χ0v) is 20.7. The van der Waals surface area contributed by atoms with E-state index in [1.807, 2.05) is 38.4 Å². The van der Waals surface area contributed by atoms with Crippen LogP contribution in [0.3, 0.4) is 0 Å². The molecular formula is C24H30FN5O3S. The zero-order chi connectivity index (χ0) is 24.6. The Bertz CT molecular complexity index is 1300. The van der Waals surface area contributed by atoms with E-state index in [1.165, 1.54) is 16.4 Å². The van der Waals surface area contributed by atoms with Crippen molar-refractivity contribution in [2.75, 3.05) is 26.2 Å². The highest BCUT2D eigenvalue weighted by Crippen LogP contribution is 2.26. The summed E-state index contributed by atoms with van der Waals surface area (Å²) in [6, 6.07) is 6.74. The van der Waals surface area contributed by atoms with Crippen molar-refractivity contribution >= 4 is 27.0 Å². The summed E-state index contributed by atoms with van der Waals surface area (Å²) in [5.41, 5.74) is 2.03. The Morgan fingerprint density at radius 1 is 1.03 bits per heavy atom. The number of fused-ring (bicyclic) bond motifs is 1. The van der Waals surface area contributed by atoms with Gasteiger partial charge in [-0.05, 0) is 56.5 Å². The fraction of sp³-hybridized carbons (Fsp3) is 0.458. The van der Waals surface area contributed by atoms with Gasteiger partial charge in [0.15, 0.2) is 5.65 Å². The SMILES string of the molecule is CC(C)c1cc(C(=O)N2CCCN(S(=O)(=O)c3ccc(F)cc3)CC2)c2cnn(C(C)C)c2n1. The topological polar surface area (TPSA) is 88.4 Å². The number of benzene rings is 1. The minimum Gasteiger partial charge on any atom is -0.337 e. The van der Waals surface area contributed by atoms with Gasteiger partial charge in [-0.3, -0.25) is 4.79 Å². The second-order valence-electron chi connectivity index (χ2n) is 9.17. The summed E-state index contributed by atoms with van der Waals surface area (Å²) in [5, 5.41) is 5.15. The molecular weight excluding hydrogens is 457 g/mol. The maximum absolute atomic E-state index is 13.6. The minimum atomic E-state index is -3.77. The van der Waals surface area contributed by atoms with E-state index in [0.29, 0.717) is 29.6 Å². The van der Waals surface area contributed by atoms with Crippen molar-refractivity contribution in [1.29, 1.82) is 0 Å². The molecule has 0 radical (unpaired) electrons. The molecule has 0 saturated carbocycles. The minimum absolute atomic E-state index is 0.0483. The van der Waals surface area contributed by atoms with Crippen LogP contribution in [-0.4, -0.2) is 64.5 Å². The van der Waals surface area contributed by atoms with Gasteiger partial charge < -0.3 is 4.90 Å². The number of pyridine rings is 1. The van der Waals surface area contributed by atoms with Gasteiger partial charge in [0.25, 0.3) is 5.91 Å². The lowest BCUT2D eigenvalue weighted by molar-refractivity contribution is 0.0766. The van der Waals surface area contributed by atoms with Gasteiger partial charge >= 0.3 is 0 Å². The van der Waals surface area contributed by atoms with Gasteiger partial charge in [0.1, 0.15) is 5.82 Å². The number of carbonyl (C=O) groups is 1. The molecule has 4 rings (SSSR count). The number of hydrogen-bond donors (Lipinski definition) is 0. The van der Waals surface area contributed by atoms with E-state index in [1.54, 1.807) is 11.1 Å². The van der Waals surface area contributed by atoms with Gasteiger partial charge in [0.2, 0.25) is 10.0 Å². The number of nitrogens with zero attached hydrogens (tertiary/aromatic N) is 5. The molecule has 0 atom stereocenters. The van der Waals surface area contributed by atoms with Gasteiger partial charge in [-0.2, -0.15) is 9.40 Å². The number of aromatic nitrogens is 3. The van der Waals surface area contributed by atoms with Crippen LogP contribution in [0.1, 0.15) is 62.1 Å². The molecule has 10 heteroatoms. The molecule has 0 N–H and O–H groups in total. The monoisotopic (exact) mass is 487 g/mol. The molecule has 1 aliphatic rings. The van der Waals surface area contributed by atoms with Gasteiger partial charge in [-0.15, -0.1) is 0 Å². The zero-order valence-electron chi connectivity index (χ0n) is 19.9. The Morgan fingerprint density at radius 2 is 1.74 bits per heavy atom. The number of sulfonamides is 1. The standard InChI is InChI=1S/C24H30FN5O3S/c1-16(2)22-14-20(21-15-26-30(17(3)4)23(21)27-22)24(31)28-10-5-11-29(13-12-28)34(32,33)19-8-6-18(25)7-9-19/h6-9,14-17H,5,10-13H2,1-4H3. The van der Waals surface area contributed by atoms with Gasteiger partial charge in [-0.25, -0.2) is 22.5 Å². The second kappa shape index (κ2) is 9.42. The van der Waals surface area contributed by atoms with Crippen molar-refractivity contribution < 1.29 is 17.6 Å². The van der Waals surface area contributed by atoms with E-state index in [0.717, 1.165) is 17.8 Å². The molecule has 0 bridgehead atoms. The summed E-state index contributed by atoms with van der Waals surface area (Å²) in [7, 11) is -3.77. The van der Waals surface area contributed by atoms with Crippen molar-refractivity contribution in [3.05, 3.63) is 53.6 Å². The number of halogens is 1. The van der Waals surface area contributed by atoms with Crippen molar-refractivity contribution in [3.8, 4) is 0 Å². The van der Waals surface area contributed by atoms with Crippen molar-refractivity contribution in [1.82, 2.24) is 24.0 Å². The molecule has 1 amide bonds. The molecule has 1 fully saturated rings. The van der Waals surface area contributed by atoms with Crippen LogP contribution in [0.2, 0.25) is 0 Å². The average Bonchev–Trinajstić information content (AvgIpc) is 3.07. The summed E-state index contributed by atoms with van der Waals surface area (Å²) >= 11 is 0. The van der Waals surface area contributed by atoms with Crippen LogP contribution in [0.25, 0.3) is 11.0 Å². The predicted molar refractivity (Wildman–Crippen MR) is 128 cm³/mol. The first kappa shape index (κ1) is 24.3. The van der Waals surface area contributed by atoms with Crippen molar-refractivity contribution in [3.63, 3.8) is 0 Å². The van der Waals surface area contributed by atoms with Gasteiger partial charge in [0.05, 0.1) is 22.0 Å². The van der Waals surface area contributed by atoms with E-state index in [-0.39, 0.29) is 42.4 Å². The first-order valence-corrected chi connectivity index (χ1v) is 13.0. The Labute approximate surface area is 199 Å². The molecule has 1 aromatic carbocycles. The molecule has 1 saturated heterocycles. The molecule has 1 aliphatic heterocycles. The lowest BCUT2D eigenvalue weighted by Gasteiger charge is -2.23. The maximum atomic E-state index is 13.6. The van der Waals surface area contributed by atoms with E-state index >= 15 is 0 Å². The average molecular weight is 488 g/mol. The van der Waals surface area contributed by atoms with Gasteiger partial charge in [-0.1, -0.05) is 13.8 Å². The summed E-state index contributed by atoms with van der Waals surface area (Å²) < 4.78 is 42.5. The fourth-order valence-electron chi connectivity index (χ4n) is 4.15. The number of carbonyl (C=O) groups excluding carboxylic acids is 1. The third-order valence-corrected chi connectivity index (χ3v) is 8.00. The molecule has 0 unspecified atom stereocenters. The van der Waals surface area contributed by atoms with Crippen LogP contribution in [0, 0.1) is 5.82 Å². The van der Waals surface area contributed by atoms with Crippen molar-refractivity contribution in [2.24, 2.45) is 0 Å². The molecule has 3 heterocycles. The summed E-state index contributed by atoms with van der Waals surface area (Å²) in [4.78, 5) is 20.1. The third kappa shape index (κ3) is 4.56. The van der Waals surface area contributed by atoms with Gasteiger partial charge in [0, 0.05) is 37.9 Å². The fourth-order valence-corrected chi connectivity index (χ4v) is 5.62. The predicted octanol–water partition coefficient (Wildman–Crippen LogP) is 3.81. The number of amides is 1. The first-order chi connectivity index (χ1) is 16.1. The summed E-state index contributed by atoms with van der Waals surface area (Å²) in [6.45, 7) is 9.25. The molecule has 0 aliphatic carbocycles. The lowest BCUT2D eigenvalue weighted by atomic mass is 10.0. The molecule has 34 heavy (non-hydrogen) atoms. The number of hydrogen-bond acceptors (Lipinski definition) is 5. The van der Waals surface area contributed by atoms with Crippen LogP contribution in [0.5, 0.6) is 0 Å². The highest BCUT2D eigenvalue weighted by atomic mass is 32.2. The maximum Gasteiger partial charge on any atom is 0.254 e. The molecule has 0 spiro atoms. The smallest absolute Gasteiger partial charge is 0.254 e. The summed E-state index contributed by atoms with van der Waals surface area (Å²) in [6.07, 6.45) is 2.19. The van der Waals surface area contributed by atoms with Crippen LogP contribution >= 0.6 is 0 Å². The molecule has 8 nitrogen and oxygen atoms in total. The number of rotatable bonds is 5. The third-order valence-electron chi connectivity index (χ3n) is 6.09. The van der Waals surface area contributed by atoms with Crippen LogP contribution < -0.4 is 0 Å². The Kier molecular flexibility index (Phi) is 6.73. The van der Waals surface area contributed by atoms with E-state index in [2.05, 4.69) is 5.10 Å². The second-order valence-corrected chi connectivity index (χ2v) is 11.1. The Balaban J connectivity index is 1.61. The Hall–Kier alpha value is -2.85. The van der Waals surface area contributed by atoms with Crippen molar-refractivity contribution in [2.45, 2.75) is 51.0 Å². The van der Waals surface area contributed by atoms with E-state index < -0.39 is 15.8 Å². The van der Waals surface area contributed by atoms with Crippen LogP contribution in [0.4, 0.5) is 4.39 Å². The molecule has 3 aromatic rings. The van der Waals surface area contributed by atoms with Crippen LogP contribution in [0.15, 0.2) is 41.4 Å². The molecule has 182 valence electrons. The highest BCUT2D eigenvalue weighted by molar-refractivity contribution is 7.89. The van der Waals surface area contributed by atoms with E-state index in [4.69, 9.17) is 4.98 Å². The normalized spacial score (nSPS) is 15.9. The Morgan fingerprint density at radius 3 is 2.38 bits per heavy atom. The molecule has 2 aromatic heterocycles. The first-order valence-electron chi connectivity index (χ1n) is 11.5. The van der Waals surface area contributed by atoms with Crippen LogP contribution in [-0.2, 0) is 10.0 Å². The quantitative estimate of drug-likeness (QED) is 0.546. The highest BCUT2D eigenvalue weighted by Gasteiger charge is 2.30. The lowest BCUT2D eigenvalue weighted by Crippen LogP contribution is -2.37. The van der Waals surface area contributed by atoms with E-state index in [9.17, 15) is 17.6 Å². The summed E-state index contributed by atoms with van der Waals surface area (Å²) in [5.74, 6) is -0.512. The largest absolute Gasteiger partial charge is 0.337 e.